The Bertz CT molecular complexity index is 714. The van der Waals surface area contributed by atoms with Gasteiger partial charge in [0.1, 0.15) is 12.4 Å². The van der Waals surface area contributed by atoms with Crippen molar-refractivity contribution in [3.63, 3.8) is 0 Å². The second-order valence-corrected chi connectivity index (χ2v) is 5.45. The van der Waals surface area contributed by atoms with Crippen LogP contribution in [0, 0.1) is 0 Å². The Morgan fingerprint density at radius 1 is 1.04 bits per heavy atom. The van der Waals surface area contributed by atoms with Gasteiger partial charge < -0.3 is 21.1 Å². The predicted molar refractivity (Wildman–Crippen MR) is 98.0 cm³/mol. The molecule has 0 fully saturated rings. The smallest absolute Gasteiger partial charge is 0.255 e. The van der Waals surface area contributed by atoms with Crippen LogP contribution in [-0.4, -0.2) is 31.5 Å². The number of carbonyl (C=O) groups excluding carboxylic acids is 2. The van der Waals surface area contributed by atoms with E-state index < -0.39 is 0 Å². The maximum atomic E-state index is 12.4. The Balaban J connectivity index is 2.01. The first-order valence-corrected chi connectivity index (χ1v) is 8.26. The lowest BCUT2D eigenvalue weighted by Crippen LogP contribution is -2.24. The fourth-order valence-electron chi connectivity index (χ4n) is 2.16. The largest absolute Gasteiger partial charge is 0.492 e. The second-order valence-electron chi connectivity index (χ2n) is 5.45. The molecule has 2 amide bonds. The molecule has 0 atom stereocenters. The Morgan fingerprint density at radius 2 is 1.72 bits per heavy atom. The van der Waals surface area contributed by atoms with Gasteiger partial charge in [0.05, 0.1) is 0 Å². The van der Waals surface area contributed by atoms with Crippen LogP contribution >= 0.6 is 0 Å². The molecule has 2 aromatic rings. The third-order valence-corrected chi connectivity index (χ3v) is 3.42. The zero-order chi connectivity index (χ0) is 18.1. The van der Waals surface area contributed by atoms with Gasteiger partial charge in [-0.25, -0.2) is 0 Å². The molecule has 132 valence electrons. The number of hydrogen-bond donors (Lipinski definition) is 3. The minimum absolute atomic E-state index is 0.182. The second kappa shape index (κ2) is 9.44. The zero-order valence-electron chi connectivity index (χ0n) is 14.2. The lowest BCUT2D eigenvalue weighted by molar-refractivity contribution is 0.0953. The highest BCUT2D eigenvalue weighted by Crippen LogP contribution is 2.16. The van der Waals surface area contributed by atoms with Gasteiger partial charge in [0.15, 0.2) is 0 Å². The Hall–Kier alpha value is -2.86. The van der Waals surface area contributed by atoms with Crippen LogP contribution in [-0.2, 0) is 0 Å². The third kappa shape index (κ3) is 5.61. The van der Waals surface area contributed by atoms with Gasteiger partial charge in [-0.1, -0.05) is 13.0 Å². The molecule has 4 N–H and O–H groups in total. The highest BCUT2D eigenvalue weighted by Gasteiger charge is 2.10. The summed E-state index contributed by atoms with van der Waals surface area (Å²) in [5.74, 6) is 0.233. The average Bonchev–Trinajstić information content (AvgIpc) is 2.65. The van der Waals surface area contributed by atoms with Gasteiger partial charge in [0.2, 0.25) is 0 Å². The van der Waals surface area contributed by atoms with Gasteiger partial charge >= 0.3 is 0 Å². The number of amides is 2. The van der Waals surface area contributed by atoms with E-state index in [-0.39, 0.29) is 11.8 Å². The fourth-order valence-corrected chi connectivity index (χ4v) is 2.16. The van der Waals surface area contributed by atoms with Crippen molar-refractivity contribution in [2.24, 2.45) is 5.73 Å². The standard InChI is InChI=1S/C19H23N3O3/c1-2-11-21-18(23)14-4-3-5-15(13-14)19(24)22-16-6-8-17(9-7-16)25-12-10-20/h3-9,13H,2,10-12,20H2,1H3,(H,21,23)(H,22,24). The van der Waals surface area contributed by atoms with Crippen molar-refractivity contribution in [3.8, 4) is 5.75 Å². The van der Waals surface area contributed by atoms with Gasteiger partial charge in [-0.05, 0) is 48.9 Å². The van der Waals surface area contributed by atoms with Crippen LogP contribution in [0.25, 0.3) is 0 Å². The van der Waals surface area contributed by atoms with Crippen molar-refractivity contribution >= 4 is 17.5 Å². The average molecular weight is 341 g/mol. The summed E-state index contributed by atoms with van der Waals surface area (Å²) in [4.78, 5) is 24.4. The van der Waals surface area contributed by atoms with Gasteiger partial charge in [0.25, 0.3) is 11.8 Å². The summed E-state index contributed by atoms with van der Waals surface area (Å²) < 4.78 is 5.39. The van der Waals surface area contributed by atoms with Crippen molar-refractivity contribution in [1.29, 1.82) is 0 Å². The molecule has 6 nitrogen and oxygen atoms in total. The number of rotatable bonds is 8. The van der Waals surface area contributed by atoms with Gasteiger partial charge in [-0.2, -0.15) is 0 Å². The molecule has 0 unspecified atom stereocenters. The van der Waals surface area contributed by atoms with Crippen molar-refractivity contribution in [3.05, 3.63) is 59.7 Å². The van der Waals surface area contributed by atoms with Crippen molar-refractivity contribution in [2.75, 3.05) is 25.0 Å². The normalized spacial score (nSPS) is 10.2. The maximum Gasteiger partial charge on any atom is 0.255 e. The molecule has 0 saturated carbocycles. The van der Waals surface area contributed by atoms with E-state index in [1.54, 1.807) is 48.5 Å². The van der Waals surface area contributed by atoms with Crippen LogP contribution in [0.5, 0.6) is 5.75 Å². The number of nitrogens with one attached hydrogen (secondary N) is 2. The molecule has 0 bridgehead atoms. The molecular weight excluding hydrogens is 318 g/mol. The summed E-state index contributed by atoms with van der Waals surface area (Å²) in [6.45, 7) is 3.48. The summed E-state index contributed by atoms with van der Waals surface area (Å²) >= 11 is 0. The molecule has 0 radical (unpaired) electrons. The van der Waals surface area contributed by atoms with Crippen molar-refractivity contribution < 1.29 is 14.3 Å². The van der Waals surface area contributed by atoms with Gasteiger partial charge in [0, 0.05) is 29.9 Å². The molecule has 0 saturated heterocycles. The van der Waals surface area contributed by atoms with Crippen LogP contribution in [0.1, 0.15) is 34.1 Å². The lowest BCUT2D eigenvalue weighted by atomic mass is 10.1. The van der Waals surface area contributed by atoms with Crippen molar-refractivity contribution in [1.82, 2.24) is 5.32 Å². The van der Waals surface area contributed by atoms with Crippen LogP contribution in [0.15, 0.2) is 48.5 Å². The summed E-state index contributed by atoms with van der Waals surface area (Å²) in [7, 11) is 0. The van der Waals surface area contributed by atoms with E-state index in [1.165, 1.54) is 0 Å². The molecule has 0 heterocycles. The highest BCUT2D eigenvalue weighted by molar-refractivity contribution is 6.06. The molecule has 0 spiro atoms. The number of hydrogen-bond acceptors (Lipinski definition) is 4. The minimum Gasteiger partial charge on any atom is -0.492 e. The molecule has 2 rings (SSSR count). The van der Waals surface area contributed by atoms with Gasteiger partial charge in [-0.3, -0.25) is 9.59 Å². The topological polar surface area (TPSA) is 93.5 Å². The highest BCUT2D eigenvalue weighted by atomic mass is 16.5. The Morgan fingerprint density at radius 3 is 2.36 bits per heavy atom. The zero-order valence-corrected chi connectivity index (χ0v) is 14.2. The molecule has 0 aromatic heterocycles. The predicted octanol–water partition coefficient (Wildman–Crippen LogP) is 2.42. The first-order valence-electron chi connectivity index (χ1n) is 8.26. The number of ether oxygens (including phenoxy) is 1. The molecule has 25 heavy (non-hydrogen) atoms. The van der Waals surface area contributed by atoms with E-state index >= 15 is 0 Å². The summed E-state index contributed by atoms with van der Waals surface area (Å²) in [6.07, 6.45) is 0.858. The molecule has 2 aromatic carbocycles. The summed E-state index contributed by atoms with van der Waals surface area (Å²) in [5.41, 5.74) is 6.92. The van der Waals surface area contributed by atoms with E-state index in [2.05, 4.69) is 10.6 Å². The van der Waals surface area contributed by atoms with Crippen molar-refractivity contribution in [2.45, 2.75) is 13.3 Å². The number of nitrogens with two attached hydrogens (primary N) is 1. The first kappa shape index (κ1) is 18.5. The summed E-state index contributed by atoms with van der Waals surface area (Å²) in [6, 6.07) is 13.7. The van der Waals surface area contributed by atoms with Crippen LogP contribution < -0.4 is 21.1 Å². The van der Waals surface area contributed by atoms with E-state index in [0.29, 0.717) is 42.3 Å². The third-order valence-electron chi connectivity index (χ3n) is 3.42. The van der Waals surface area contributed by atoms with E-state index in [1.807, 2.05) is 6.92 Å². The number of carbonyl (C=O) groups is 2. The molecule has 0 aliphatic heterocycles. The summed E-state index contributed by atoms with van der Waals surface area (Å²) in [5, 5.41) is 5.59. The van der Waals surface area contributed by atoms with E-state index in [4.69, 9.17) is 10.5 Å². The van der Waals surface area contributed by atoms with E-state index in [0.717, 1.165) is 6.42 Å². The van der Waals surface area contributed by atoms with Gasteiger partial charge in [-0.15, -0.1) is 0 Å². The first-order chi connectivity index (χ1) is 12.1. The van der Waals surface area contributed by atoms with Crippen LogP contribution in [0.2, 0.25) is 0 Å². The maximum absolute atomic E-state index is 12.4. The molecule has 6 heteroatoms. The molecular formula is C19H23N3O3. The number of benzene rings is 2. The fraction of sp³-hybridized carbons (Fsp3) is 0.263. The number of anilines is 1. The quantitative estimate of drug-likeness (QED) is 0.687. The van der Waals surface area contributed by atoms with E-state index in [9.17, 15) is 9.59 Å². The molecule has 0 aliphatic rings. The van der Waals surface area contributed by atoms with Crippen LogP contribution in [0.3, 0.4) is 0 Å². The van der Waals surface area contributed by atoms with Crippen LogP contribution in [0.4, 0.5) is 5.69 Å². The molecule has 0 aliphatic carbocycles. The Kier molecular flexibility index (Phi) is 6.98. The SMILES string of the molecule is CCCNC(=O)c1cccc(C(=O)Nc2ccc(OCCN)cc2)c1. The Labute approximate surface area is 147 Å². The lowest BCUT2D eigenvalue weighted by Gasteiger charge is -2.09. The minimum atomic E-state index is -0.277. The monoisotopic (exact) mass is 341 g/mol.